The molecule has 2 aromatic carbocycles. The molecule has 1 N–H and O–H groups in total. The van der Waals surface area contributed by atoms with Gasteiger partial charge in [0.05, 0.1) is 0 Å². The number of halogens is 2. The van der Waals surface area contributed by atoms with Crippen molar-refractivity contribution in [3.63, 3.8) is 0 Å². The van der Waals surface area contributed by atoms with E-state index in [0.717, 1.165) is 10.9 Å². The van der Waals surface area contributed by atoms with Gasteiger partial charge in [0.25, 0.3) is 0 Å². The zero-order chi connectivity index (χ0) is 14.4. The fourth-order valence-electron chi connectivity index (χ4n) is 1.78. The van der Waals surface area contributed by atoms with Gasteiger partial charge in [0.2, 0.25) is 5.91 Å². The van der Waals surface area contributed by atoms with E-state index >= 15 is 0 Å². The van der Waals surface area contributed by atoms with E-state index in [0.29, 0.717) is 6.54 Å². The third-order valence-corrected chi connectivity index (χ3v) is 6.24. The Balaban J connectivity index is 2.07. The standard InChI is InChI=1S/C16H15BrINO/c1-12(20)19-11-10-13-4-2-3-5-16(13)18-15-8-6-14(17)7-9-15/h2-9H,10-11H2,1H3/p+1. The lowest BCUT2D eigenvalue weighted by molar-refractivity contribution is -0.598. The van der Waals surface area contributed by atoms with E-state index in [-0.39, 0.29) is 27.1 Å². The largest absolute Gasteiger partial charge is 0.358 e. The Morgan fingerprint density at radius 1 is 1.15 bits per heavy atom. The first-order chi connectivity index (χ1) is 9.65. The lowest BCUT2D eigenvalue weighted by Gasteiger charge is -2.02. The molecule has 0 radical (unpaired) electrons. The van der Waals surface area contributed by atoms with Crippen LogP contribution >= 0.6 is 15.9 Å². The van der Waals surface area contributed by atoms with Crippen molar-refractivity contribution < 1.29 is 26.0 Å². The molecule has 0 saturated heterocycles. The molecule has 0 atom stereocenters. The number of hydrogen-bond acceptors (Lipinski definition) is 1. The highest BCUT2D eigenvalue weighted by Gasteiger charge is 2.19. The summed E-state index contributed by atoms with van der Waals surface area (Å²) in [6, 6.07) is 17.1. The van der Waals surface area contributed by atoms with Crippen molar-refractivity contribution in [2.45, 2.75) is 13.3 Å². The van der Waals surface area contributed by atoms with Gasteiger partial charge in [-0.25, -0.2) is 0 Å². The van der Waals surface area contributed by atoms with Crippen molar-refractivity contribution in [1.29, 1.82) is 0 Å². The van der Waals surface area contributed by atoms with Crippen molar-refractivity contribution in [3.8, 4) is 0 Å². The average Bonchev–Trinajstić information content (AvgIpc) is 2.43. The van der Waals surface area contributed by atoms with Gasteiger partial charge < -0.3 is 5.32 Å². The summed E-state index contributed by atoms with van der Waals surface area (Å²) < 4.78 is 3.95. The average molecular weight is 445 g/mol. The number of nitrogens with one attached hydrogen (secondary N) is 1. The van der Waals surface area contributed by atoms with Gasteiger partial charge in [0.15, 0.2) is 7.14 Å². The molecule has 0 aliphatic heterocycles. The Morgan fingerprint density at radius 2 is 1.85 bits per heavy atom. The second-order valence-corrected chi connectivity index (χ2v) is 8.22. The number of hydrogen-bond donors (Lipinski definition) is 1. The van der Waals surface area contributed by atoms with Crippen LogP contribution in [-0.2, 0) is 11.2 Å². The van der Waals surface area contributed by atoms with Gasteiger partial charge in [-0.1, -0.05) is 34.1 Å². The van der Waals surface area contributed by atoms with Gasteiger partial charge in [-0.15, -0.1) is 0 Å². The molecule has 2 nitrogen and oxygen atoms in total. The number of amides is 1. The molecule has 0 saturated carbocycles. The van der Waals surface area contributed by atoms with Gasteiger partial charge in [0, 0.05) is 23.5 Å². The maximum atomic E-state index is 10.9. The summed E-state index contributed by atoms with van der Waals surface area (Å²) in [5, 5.41) is 2.86. The smallest absolute Gasteiger partial charge is 0.356 e. The summed E-state index contributed by atoms with van der Waals surface area (Å²) in [6.45, 7) is 2.26. The highest BCUT2D eigenvalue weighted by molar-refractivity contribution is 9.10. The van der Waals surface area contributed by atoms with Crippen LogP contribution in [0.3, 0.4) is 0 Å². The maximum absolute atomic E-state index is 10.9. The molecule has 0 aliphatic rings. The minimum Gasteiger partial charge on any atom is -0.356 e. The zero-order valence-corrected chi connectivity index (χ0v) is 14.9. The minimum absolute atomic E-state index is 0.0325. The number of rotatable bonds is 5. The second kappa shape index (κ2) is 7.78. The predicted molar refractivity (Wildman–Crippen MR) is 80.4 cm³/mol. The first kappa shape index (κ1) is 15.5. The summed E-state index contributed by atoms with van der Waals surface area (Å²) in [4.78, 5) is 10.9. The van der Waals surface area contributed by atoms with Gasteiger partial charge in [-0.3, -0.25) is 4.79 Å². The van der Waals surface area contributed by atoms with Gasteiger partial charge in [0.1, 0.15) is 0 Å². The normalized spacial score (nSPS) is 10.3. The molecule has 0 fully saturated rings. The fourth-order valence-corrected chi connectivity index (χ4v) is 4.61. The molecule has 0 aromatic heterocycles. The van der Waals surface area contributed by atoms with E-state index in [1.807, 2.05) is 0 Å². The monoisotopic (exact) mass is 444 g/mol. The topological polar surface area (TPSA) is 29.1 Å². The SMILES string of the molecule is CC(=O)NCCc1ccccc1[I+]c1ccc(Br)cc1. The van der Waals surface area contributed by atoms with Gasteiger partial charge in [-0.2, -0.15) is 0 Å². The van der Waals surface area contributed by atoms with Crippen LogP contribution in [0.5, 0.6) is 0 Å². The van der Waals surface area contributed by atoms with Crippen LogP contribution in [0, 0.1) is 7.14 Å². The molecule has 2 rings (SSSR count). The van der Waals surface area contributed by atoms with Crippen LogP contribution in [-0.4, -0.2) is 12.5 Å². The van der Waals surface area contributed by atoms with Crippen molar-refractivity contribution in [2.24, 2.45) is 0 Å². The van der Waals surface area contributed by atoms with E-state index < -0.39 is 0 Å². The molecule has 0 unspecified atom stereocenters. The van der Waals surface area contributed by atoms with Crippen LogP contribution in [0.4, 0.5) is 0 Å². The zero-order valence-electron chi connectivity index (χ0n) is 11.2. The Morgan fingerprint density at radius 3 is 2.55 bits per heavy atom. The quantitative estimate of drug-likeness (QED) is 0.658. The molecule has 1 amide bonds. The van der Waals surface area contributed by atoms with Crippen molar-refractivity contribution in [2.75, 3.05) is 6.54 Å². The van der Waals surface area contributed by atoms with Crippen LogP contribution < -0.4 is 26.5 Å². The third kappa shape index (κ3) is 4.90. The lowest BCUT2D eigenvalue weighted by Crippen LogP contribution is -3.61. The molecule has 0 heterocycles. The summed E-state index contributed by atoms with van der Waals surface area (Å²) in [5.41, 5.74) is 1.34. The minimum atomic E-state index is -0.173. The van der Waals surface area contributed by atoms with Crippen LogP contribution in [0.15, 0.2) is 53.0 Å². The molecule has 0 spiro atoms. The Kier molecular flexibility index (Phi) is 6.04. The third-order valence-electron chi connectivity index (χ3n) is 2.74. The highest BCUT2D eigenvalue weighted by Crippen LogP contribution is 2.06. The number of carbonyl (C=O) groups excluding carboxylic acids is 1. The number of benzene rings is 2. The fraction of sp³-hybridized carbons (Fsp3) is 0.188. The molecule has 20 heavy (non-hydrogen) atoms. The van der Waals surface area contributed by atoms with E-state index in [2.05, 4.69) is 69.8 Å². The molecule has 0 aliphatic carbocycles. The highest BCUT2D eigenvalue weighted by atomic mass is 127. The van der Waals surface area contributed by atoms with Crippen LogP contribution in [0.25, 0.3) is 0 Å². The summed E-state index contributed by atoms with van der Waals surface area (Å²) in [7, 11) is 0. The van der Waals surface area contributed by atoms with Crippen LogP contribution in [0.2, 0.25) is 0 Å². The second-order valence-electron chi connectivity index (χ2n) is 4.36. The van der Waals surface area contributed by atoms with Crippen LogP contribution in [0.1, 0.15) is 12.5 Å². The van der Waals surface area contributed by atoms with Crippen molar-refractivity contribution in [3.05, 3.63) is 65.7 Å². The molecule has 0 bridgehead atoms. The Hall–Kier alpha value is -0.880. The van der Waals surface area contributed by atoms with E-state index in [9.17, 15) is 4.79 Å². The van der Waals surface area contributed by atoms with E-state index in [1.165, 1.54) is 12.7 Å². The molecule has 2 aromatic rings. The lowest BCUT2D eigenvalue weighted by atomic mass is 10.1. The summed E-state index contributed by atoms with van der Waals surface area (Å²) in [5.74, 6) is 0.0325. The van der Waals surface area contributed by atoms with Crippen molar-refractivity contribution >= 4 is 21.8 Å². The van der Waals surface area contributed by atoms with E-state index in [4.69, 9.17) is 0 Å². The predicted octanol–water partition coefficient (Wildman–Crippen LogP) is 0.256. The molecule has 4 heteroatoms. The van der Waals surface area contributed by atoms with E-state index in [1.54, 1.807) is 6.92 Å². The van der Waals surface area contributed by atoms with Gasteiger partial charge in [-0.05, 0) is 36.8 Å². The summed E-state index contributed by atoms with van der Waals surface area (Å²) >= 11 is 3.29. The van der Waals surface area contributed by atoms with Crippen molar-refractivity contribution in [1.82, 2.24) is 5.32 Å². The summed E-state index contributed by atoms with van der Waals surface area (Å²) in [6.07, 6.45) is 0.895. The first-order valence-corrected chi connectivity index (χ1v) is 9.33. The Labute approximate surface area is 138 Å². The van der Waals surface area contributed by atoms with Gasteiger partial charge >= 0.3 is 21.2 Å². The molecular formula is C16H16BrINO+. The maximum Gasteiger partial charge on any atom is 0.358 e. The molecule has 104 valence electrons. The molecular weight excluding hydrogens is 429 g/mol. The first-order valence-electron chi connectivity index (χ1n) is 6.38. The number of carbonyl (C=O) groups is 1. The Bertz CT molecular complexity index is 583.